The van der Waals surface area contributed by atoms with Crippen molar-refractivity contribution in [3.05, 3.63) is 23.8 Å². The van der Waals surface area contributed by atoms with Crippen LogP contribution in [0.4, 0.5) is 0 Å². The van der Waals surface area contributed by atoms with Crippen LogP contribution in [0.15, 0.2) is 18.2 Å². The first-order valence-corrected chi connectivity index (χ1v) is 7.78. The Morgan fingerprint density at radius 1 is 1.26 bits per heavy atom. The molecule has 106 valence electrons. The lowest BCUT2D eigenvalue weighted by molar-refractivity contribution is 0.353. The van der Waals surface area contributed by atoms with E-state index >= 15 is 0 Å². The number of methoxy groups -OCH3 is 2. The van der Waals surface area contributed by atoms with E-state index in [-0.39, 0.29) is 0 Å². The van der Waals surface area contributed by atoms with Gasteiger partial charge in [-0.2, -0.15) is 11.8 Å². The highest BCUT2D eigenvalue weighted by atomic mass is 32.2. The molecule has 0 aromatic heterocycles. The highest BCUT2D eigenvalue weighted by Crippen LogP contribution is 2.31. The summed E-state index contributed by atoms with van der Waals surface area (Å²) < 4.78 is 10.6. The van der Waals surface area contributed by atoms with Crippen molar-refractivity contribution in [3.63, 3.8) is 0 Å². The largest absolute Gasteiger partial charge is 0.493 e. The molecule has 0 spiro atoms. The molecule has 0 amide bonds. The van der Waals surface area contributed by atoms with Crippen molar-refractivity contribution >= 4 is 11.8 Å². The summed E-state index contributed by atoms with van der Waals surface area (Å²) in [6.07, 6.45) is 1.25. The van der Waals surface area contributed by atoms with Gasteiger partial charge in [-0.1, -0.05) is 13.0 Å². The molecule has 1 saturated heterocycles. The fourth-order valence-corrected chi connectivity index (χ4v) is 3.67. The van der Waals surface area contributed by atoms with Gasteiger partial charge >= 0.3 is 0 Å². The van der Waals surface area contributed by atoms with Crippen molar-refractivity contribution in [1.29, 1.82) is 0 Å². The molecule has 1 aliphatic rings. The molecule has 1 fully saturated rings. The zero-order valence-electron chi connectivity index (χ0n) is 12.1. The van der Waals surface area contributed by atoms with Gasteiger partial charge in [0.2, 0.25) is 0 Å². The first kappa shape index (κ1) is 14.5. The quantitative estimate of drug-likeness (QED) is 0.897. The molecule has 2 rings (SSSR count). The third-order valence-electron chi connectivity index (χ3n) is 3.59. The van der Waals surface area contributed by atoms with E-state index in [1.54, 1.807) is 14.2 Å². The number of ether oxygens (including phenoxy) is 2. The number of benzene rings is 1. The molecule has 1 N–H and O–H groups in total. The molecule has 0 bridgehead atoms. The summed E-state index contributed by atoms with van der Waals surface area (Å²) in [6.45, 7) is 4.50. The van der Waals surface area contributed by atoms with Gasteiger partial charge in [0.15, 0.2) is 11.5 Å². The van der Waals surface area contributed by atoms with E-state index in [0.717, 1.165) is 16.7 Å². The van der Waals surface area contributed by atoms with E-state index in [1.165, 1.54) is 17.7 Å². The highest BCUT2D eigenvalue weighted by Gasteiger charge is 2.23. The summed E-state index contributed by atoms with van der Waals surface area (Å²) in [4.78, 5) is 0. The third kappa shape index (κ3) is 3.57. The van der Waals surface area contributed by atoms with Crippen LogP contribution in [-0.4, -0.2) is 31.3 Å². The van der Waals surface area contributed by atoms with E-state index < -0.39 is 0 Å². The Balaban J connectivity index is 2.04. The second-order valence-corrected chi connectivity index (χ2v) is 6.55. The topological polar surface area (TPSA) is 30.5 Å². The Bertz CT molecular complexity index is 425. The molecule has 1 aromatic rings. The van der Waals surface area contributed by atoms with Gasteiger partial charge in [0.1, 0.15) is 0 Å². The van der Waals surface area contributed by atoms with Gasteiger partial charge < -0.3 is 14.8 Å². The predicted molar refractivity (Wildman–Crippen MR) is 81.4 cm³/mol. The van der Waals surface area contributed by atoms with Gasteiger partial charge in [-0.15, -0.1) is 0 Å². The van der Waals surface area contributed by atoms with Crippen LogP contribution in [0.2, 0.25) is 0 Å². The second kappa shape index (κ2) is 6.53. The number of hydrogen-bond acceptors (Lipinski definition) is 4. The van der Waals surface area contributed by atoms with Crippen LogP contribution < -0.4 is 14.8 Å². The lowest BCUT2D eigenvalue weighted by Gasteiger charge is -2.20. The van der Waals surface area contributed by atoms with E-state index in [0.29, 0.717) is 12.1 Å². The van der Waals surface area contributed by atoms with Gasteiger partial charge in [-0.25, -0.2) is 0 Å². The number of thioether (sulfide) groups is 1. The molecule has 0 radical (unpaired) electrons. The Labute approximate surface area is 120 Å². The molecule has 0 saturated carbocycles. The van der Waals surface area contributed by atoms with Crippen molar-refractivity contribution in [2.24, 2.45) is 0 Å². The fourth-order valence-electron chi connectivity index (χ4n) is 2.51. The monoisotopic (exact) mass is 281 g/mol. The molecule has 0 aliphatic carbocycles. The van der Waals surface area contributed by atoms with Gasteiger partial charge in [-0.05, 0) is 31.0 Å². The van der Waals surface area contributed by atoms with Gasteiger partial charge in [0.25, 0.3) is 0 Å². The summed E-state index contributed by atoms with van der Waals surface area (Å²) >= 11 is 2.05. The Kier molecular flexibility index (Phi) is 4.99. The molecule has 3 nitrogen and oxygen atoms in total. The van der Waals surface area contributed by atoms with E-state index in [9.17, 15) is 0 Å². The molecular weight excluding hydrogens is 258 g/mol. The molecule has 1 heterocycles. The first-order valence-electron chi connectivity index (χ1n) is 6.73. The zero-order valence-corrected chi connectivity index (χ0v) is 12.9. The lowest BCUT2D eigenvalue weighted by Crippen LogP contribution is -2.31. The zero-order chi connectivity index (χ0) is 13.8. The maximum absolute atomic E-state index is 5.36. The maximum atomic E-state index is 5.36. The van der Waals surface area contributed by atoms with Crippen LogP contribution in [0.1, 0.15) is 31.9 Å². The Morgan fingerprint density at radius 3 is 2.58 bits per heavy atom. The average Bonchev–Trinajstić information content (AvgIpc) is 2.83. The summed E-state index contributed by atoms with van der Waals surface area (Å²) in [6, 6.07) is 7.07. The number of rotatable bonds is 5. The van der Waals surface area contributed by atoms with Gasteiger partial charge in [0, 0.05) is 23.1 Å². The Morgan fingerprint density at radius 2 is 2.00 bits per heavy atom. The SMILES string of the molecule is COc1ccc(C(C)NC2CSC(C)C2)cc1OC. The standard InChI is InChI=1S/C15H23NO2S/c1-10-7-13(9-19-10)16-11(2)12-5-6-14(17-3)15(8-12)18-4/h5-6,8,10-11,13,16H,7,9H2,1-4H3. The smallest absolute Gasteiger partial charge is 0.161 e. The summed E-state index contributed by atoms with van der Waals surface area (Å²) in [5.41, 5.74) is 1.24. The lowest BCUT2D eigenvalue weighted by atomic mass is 10.1. The van der Waals surface area contributed by atoms with Crippen molar-refractivity contribution < 1.29 is 9.47 Å². The molecule has 19 heavy (non-hydrogen) atoms. The molecule has 1 aromatic carbocycles. The van der Waals surface area contributed by atoms with Crippen LogP contribution in [0.3, 0.4) is 0 Å². The van der Waals surface area contributed by atoms with E-state index in [4.69, 9.17) is 9.47 Å². The van der Waals surface area contributed by atoms with E-state index in [2.05, 4.69) is 31.3 Å². The van der Waals surface area contributed by atoms with Crippen molar-refractivity contribution in [1.82, 2.24) is 5.32 Å². The minimum atomic E-state index is 0.329. The summed E-state index contributed by atoms with van der Waals surface area (Å²) in [5, 5.41) is 4.47. The second-order valence-electron chi connectivity index (χ2n) is 5.08. The molecule has 3 atom stereocenters. The summed E-state index contributed by atoms with van der Waals surface area (Å²) in [7, 11) is 3.34. The van der Waals surface area contributed by atoms with Crippen LogP contribution in [0, 0.1) is 0 Å². The third-order valence-corrected chi connectivity index (χ3v) is 4.95. The normalized spacial score (nSPS) is 24.2. The van der Waals surface area contributed by atoms with Crippen LogP contribution >= 0.6 is 11.8 Å². The van der Waals surface area contributed by atoms with E-state index in [1.807, 2.05) is 17.8 Å². The van der Waals surface area contributed by atoms with Crippen molar-refractivity contribution in [2.75, 3.05) is 20.0 Å². The minimum absolute atomic E-state index is 0.329. The van der Waals surface area contributed by atoms with Crippen molar-refractivity contribution in [3.8, 4) is 11.5 Å². The predicted octanol–water partition coefficient (Wildman–Crippen LogP) is 3.25. The number of hydrogen-bond donors (Lipinski definition) is 1. The molecular formula is C15H23NO2S. The molecule has 3 unspecified atom stereocenters. The maximum Gasteiger partial charge on any atom is 0.161 e. The highest BCUT2D eigenvalue weighted by molar-refractivity contribution is 8.00. The van der Waals surface area contributed by atoms with Crippen molar-refractivity contribution in [2.45, 2.75) is 37.6 Å². The minimum Gasteiger partial charge on any atom is -0.493 e. The van der Waals surface area contributed by atoms with Crippen LogP contribution in [0.5, 0.6) is 11.5 Å². The Hall–Kier alpha value is -0.870. The average molecular weight is 281 g/mol. The van der Waals surface area contributed by atoms with Gasteiger partial charge in [-0.3, -0.25) is 0 Å². The fraction of sp³-hybridized carbons (Fsp3) is 0.600. The molecule has 4 heteroatoms. The van der Waals surface area contributed by atoms with Gasteiger partial charge in [0.05, 0.1) is 14.2 Å². The molecule has 1 aliphatic heterocycles. The van der Waals surface area contributed by atoms with Crippen LogP contribution in [0.25, 0.3) is 0 Å². The summed E-state index contributed by atoms with van der Waals surface area (Å²) in [5.74, 6) is 2.78. The number of nitrogens with one attached hydrogen (secondary N) is 1. The first-order chi connectivity index (χ1) is 9.13. The van der Waals surface area contributed by atoms with Crippen LogP contribution in [-0.2, 0) is 0 Å².